The molecule has 1 N–H and O–H groups in total. The fraction of sp³-hybridized carbons (Fsp3) is 0.500. The van der Waals surface area contributed by atoms with E-state index in [1.807, 2.05) is 30.1 Å². The van der Waals surface area contributed by atoms with Crippen LogP contribution < -0.4 is 0 Å². The average molecular weight is 320 g/mol. The zero-order chi connectivity index (χ0) is 15.7. The molecule has 22 heavy (non-hydrogen) atoms. The van der Waals surface area contributed by atoms with Gasteiger partial charge in [0.2, 0.25) is 5.91 Å². The molecule has 0 saturated carbocycles. The minimum Gasteiger partial charge on any atom is -0.378 e. The number of hydrogen-bond donors (Lipinski definition) is 1. The van der Waals surface area contributed by atoms with Crippen molar-refractivity contribution in [3.8, 4) is 0 Å². The number of rotatable bonds is 2. The standard InChI is InChI=1S/C16H20N2O3S/c1-17-13(19)11-22-16(17)7-9-18(10-8-16)15(21)14(20)12-5-3-2-4-6-12/h2-6,14,20H,7-11H2,1H3. The first-order valence-corrected chi connectivity index (χ1v) is 8.44. The highest BCUT2D eigenvalue weighted by Gasteiger charge is 2.46. The number of aliphatic hydroxyl groups excluding tert-OH is 1. The molecule has 0 radical (unpaired) electrons. The van der Waals surface area contributed by atoms with Gasteiger partial charge in [0.1, 0.15) is 0 Å². The number of piperidine rings is 1. The molecule has 2 aliphatic heterocycles. The molecule has 1 aromatic rings. The third-order valence-electron chi connectivity index (χ3n) is 4.66. The largest absolute Gasteiger partial charge is 0.378 e. The van der Waals surface area contributed by atoms with Crippen LogP contribution in [0.2, 0.25) is 0 Å². The van der Waals surface area contributed by atoms with E-state index in [9.17, 15) is 14.7 Å². The summed E-state index contributed by atoms with van der Waals surface area (Å²) in [6.07, 6.45) is 0.408. The van der Waals surface area contributed by atoms with E-state index in [0.717, 1.165) is 12.8 Å². The van der Waals surface area contributed by atoms with E-state index in [1.54, 1.807) is 28.8 Å². The molecule has 1 aromatic carbocycles. The summed E-state index contributed by atoms with van der Waals surface area (Å²) in [5.74, 6) is 0.434. The van der Waals surface area contributed by atoms with E-state index in [1.165, 1.54) is 0 Å². The molecule has 6 heteroatoms. The van der Waals surface area contributed by atoms with Crippen LogP contribution in [0.15, 0.2) is 30.3 Å². The first-order chi connectivity index (χ1) is 10.5. The van der Waals surface area contributed by atoms with Gasteiger partial charge in [-0.05, 0) is 18.4 Å². The lowest BCUT2D eigenvalue weighted by Crippen LogP contribution is -2.52. The highest BCUT2D eigenvalue weighted by Crippen LogP contribution is 2.43. The summed E-state index contributed by atoms with van der Waals surface area (Å²) < 4.78 is 0. The maximum Gasteiger partial charge on any atom is 0.256 e. The van der Waals surface area contributed by atoms with Gasteiger partial charge in [-0.2, -0.15) is 0 Å². The van der Waals surface area contributed by atoms with Crippen LogP contribution in [0, 0.1) is 0 Å². The van der Waals surface area contributed by atoms with Crippen LogP contribution >= 0.6 is 11.8 Å². The zero-order valence-corrected chi connectivity index (χ0v) is 13.4. The predicted molar refractivity (Wildman–Crippen MR) is 85.2 cm³/mol. The molecule has 1 spiro atoms. The number of thioether (sulfide) groups is 1. The zero-order valence-electron chi connectivity index (χ0n) is 12.6. The monoisotopic (exact) mass is 320 g/mol. The van der Waals surface area contributed by atoms with Crippen molar-refractivity contribution in [2.24, 2.45) is 0 Å². The lowest BCUT2D eigenvalue weighted by Gasteiger charge is -2.43. The Kier molecular flexibility index (Phi) is 4.14. The van der Waals surface area contributed by atoms with E-state index < -0.39 is 6.10 Å². The maximum atomic E-state index is 12.4. The predicted octanol–water partition coefficient (Wildman–Crippen LogP) is 1.24. The Morgan fingerprint density at radius 2 is 1.91 bits per heavy atom. The first kappa shape index (κ1) is 15.4. The summed E-state index contributed by atoms with van der Waals surface area (Å²) in [7, 11) is 1.85. The molecule has 118 valence electrons. The van der Waals surface area contributed by atoms with Crippen LogP contribution in [-0.4, -0.2) is 57.5 Å². The molecule has 2 aliphatic rings. The van der Waals surface area contributed by atoms with Crippen molar-refractivity contribution in [2.45, 2.75) is 23.8 Å². The summed E-state index contributed by atoms with van der Waals surface area (Å²) in [4.78, 5) is 27.6. The quantitative estimate of drug-likeness (QED) is 0.891. The molecule has 2 heterocycles. The van der Waals surface area contributed by atoms with Gasteiger partial charge in [0.25, 0.3) is 5.91 Å². The maximum absolute atomic E-state index is 12.4. The van der Waals surface area contributed by atoms with Gasteiger partial charge in [0, 0.05) is 20.1 Å². The highest BCUT2D eigenvalue weighted by molar-refractivity contribution is 8.01. The van der Waals surface area contributed by atoms with Crippen molar-refractivity contribution in [3.63, 3.8) is 0 Å². The second kappa shape index (κ2) is 5.93. The number of hydrogen-bond acceptors (Lipinski definition) is 4. The third-order valence-corrected chi connectivity index (χ3v) is 6.27. The van der Waals surface area contributed by atoms with Gasteiger partial charge in [-0.1, -0.05) is 30.3 Å². The first-order valence-electron chi connectivity index (χ1n) is 7.46. The van der Waals surface area contributed by atoms with Gasteiger partial charge in [0.15, 0.2) is 6.10 Å². The molecule has 1 unspecified atom stereocenters. The second-order valence-corrected chi connectivity index (χ2v) is 7.16. The normalized spacial score (nSPS) is 22.2. The van der Waals surface area contributed by atoms with Gasteiger partial charge in [-0.3, -0.25) is 9.59 Å². The molecule has 2 fully saturated rings. The third kappa shape index (κ3) is 2.61. The van der Waals surface area contributed by atoms with Crippen LogP contribution in [0.25, 0.3) is 0 Å². The van der Waals surface area contributed by atoms with E-state index in [2.05, 4.69) is 0 Å². The van der Waals surface area contributed by atoms with E-state index in [0.29, 0.717) is 24.4 Å². The van der Waals surface area contributed by atoms with E-state index in [4.69, 9.17) is 0 Å². The molecule has 0 aromatic heterocycles. The fourth-order valence-corrected chi connectivity index (χ4v) is 4.48. The topological polar surface area (TPSA) is 60.9 Å². The highest BCUT2D eigenvalue weighted by atomic mass is 32.2. The lowest BCUT2D eigenvalue weighted by molar-refractivity contribution is -0.142. The molecule has 1 atom stereocenters. The number of carbonyl (C=O) groups excluding carboxylic acids is 2. The number of likely N-dealkylation sites (tertiary alicyclic amines) is 1. The van der Waals surface area contributed by atoms with Gasteiger partial charge in [0.05, 0.1) is 10.6 Å². The van der Waals surface area contributed by atoms with Crippen LogP contribution in [0.4, 0.5) is 0 Å². The van der Waals surface area contributed by atoms with Gasteiger partial charge in [-0.15, -0.1) is 11.8 Å². The summed E-state index contributed by atoms with van der Waals surface area (Å²) in [6.45, 7) is 1.15. The average Bonchev–Trinajstić information content (AvgIpc) is 2.84. The van der Waals surface area contributed by atoms with Crippen molar-refractivity contribution >= 4 is 23.6 Å². The molecular weight excluding hydrogens is 300 g/mol. The van der Waals surface area contributed by atoms with Crippen molar-refractivity contribution < 1.29 is 14.7 Å². The molecule has 2 amide bonds. The Morgan fingerprint density at radius 1 is 1.27 bits per heavy atom. The molecule has 3 rings (SSSR count). The summed E-state index contributed by atoms with van der Waals surface area (Å²) in [5.41, 5.74) is 0.621. The Labute approximate surface area is 134 Å². The van der Waals surface area contributed by atoms with Crippen LogP contribution in [-0.2, 0) is 9.59 Å². The van der Waals surface area contributed by atoms with Crippen molar-refractivity contribution in [1.29, 1.82) is 0 Å². The van der Waals surface area contributed by atoms with Crippen LogP contribution in [0.1, 0.15) is 24.5 Å². The van der Waals surface area contributed by atoms with Gasteiger partial charge >= 0.3 is 0 Å². The number of aliphatic hydroxyl groups is 1. The molecule has 5 nitrogen and oxygen atoms in total. The molecular formula is C16H20N2O3S. The number of benzene rings is 1. The van der Waals surface area contributed by atoms with Crippen molar-refractivity contribution in [3.05, 3.63) is 35.9 Å². The summed E-state index contributed by atoms with van der Waals surface area (Å²) in [6, 6.07) is 9.00. The lowest BCUT2D eigenvalue weighted by atomic mass is 10.0. The Hall–Kier alpha value is -1.53. The molecule has 0 aliphatic carbocycles. The van der Waals surface area contributed by atoms with Crippen LogP contribution in [0.3, 0.4) is 0 Å². The fourth-order valence-electron chi connectivity index (χ4n) is 3.12. The van der Waals surface area contributed by atoms with Gasteiger partial charge in [-0.25, -0.2) is 0 Å². The van der Waals surface area contributed by atoms with Gasteiger partial charge < -0.3 is 14.9 Å². The van der Waals surface area contributed by atoms with Crippen molar-refractivity contribution in [2.75, 3.05) is 25.9 Å². The Bertz CT molecular complexity index is 570. The minimum atomic E-state index is -1.11. The SMILES string of the molecule is CN1C(=O)CSC12CCN(C(=O)C(O)c1ccccc1)CC2. The second-order valence-electron chi connectivity index (χ2n) is 5.83. The van der Waals surface area contributed by atoms with Crippen LogP contribution in [0.5, 0.6) is 0 Å². The summed E-state index contributed by atoms with van der Waals surface area (Å²) in [5, 5.41) is 10.2. The van der Waals surface area contributed by atoms with E-state index >= 15 is 0 Å². The number of carbonyl (C=O) groups is 2. The minimum absolute atomic E-state index is 0.161. The Morgan fingerprint density at radius 3 is 2.45 bits per heavy atom. The van der Waals surface area contributed by atoms with Crippen molar-refractivity contribution in [1.82, 2.24) is 9.80 Å². The summed E-state index contributed by atoms with van der Waals surface area (Å²) >= 11 is 1.68. The van der Waals surface area contributed by atoms with E-state index in [-0.39, 0.29) is 16.7 Å². The molecule has 0 bridgehead atoms. The molecule has 2 saturated heterocycles. The number of amides is 2. The Balaban J connectivity index is 1.64. The number of nitrogens with zero attached hydrogens (tertiary/aromatic N) is 2. The smallest absolute Gasteiger partial charge is 0.256 e.